The van der Waals surface area contributed by atoms with Crippen LogP contribution in [0, 0.1) is 0 Å². The standard InChI is InChI=1S/C10H9NSe/c1-2-4-9(5-3-1)8-10-11-6-7-12-10/h1-7H,8H2. The fourth-order valence-corrected chi connectivity index (χ4v) is 2.48. The van der Waals surface area contributed by atoms with E-state index in [4.69, 9.17) is 0 Å². The third-order valence-corrected chi connectivity index (χ3v) is 3.32. The minimum absolute atomic E-state index is 0.510. The zero-order chi connectivity index (χ0) is 8.23. The molecule has 0 saturated carbocycles. The monoisotopic (exact) mass is 223 g/mol. The van der Waals surface area contributed by atoms with E-state index >= 15 is 0 Å². The molecule has 0 unspecified atom stereocenters. The molecule has 2 rings (SSSR count). The molecule has 2 aromatic rings. The average molecular weight is 222 g/mol. The molecule has 0 saturated heterocycles. The maximum absolute atomic E-state index is 4.29. The minimum atomic E-state index is 0.510. The summed E-state index contributed by atoms with van der Waals surface area (Å²) >= 11 is 0.510. The molecule has 0 aliphatic rings. The Balaban J connectivity index is 2.15. The molecule has 1 aromatic heterocycles. The van der Waals surface area contributed by atoms with Gasteiger partial charge in [0, 0.05) is 0 Å². The Morgan fingerprint density at radius 1 is 1.17 bits per heavy atom. The van der Waals surface area contributed by atoms with Crippen molar-refractivity contribution in [2.45, 2.75) is 6.42 Å². The van der Waals surface area contributed by atoms with E-state index in [-0.39, 0.29) is 0 Å². The molecule has 0 atom stereocenters. The van der Waals surface area contributed by atoms with Gasteiger partial charge in [-0.2, -0.15) is 0 Å². The topological polar surface area (TPSA) is 12.9 Å². The normalized spacial score (nSPS) is 10.0. The SMILES string of the molecule is c1ccc(Cc2ncc[se]2)cc1. The van der Waals surface area contributed by atoms with Crippen LogP contribution in [0.5, 0.6) is 0 Å². The number of rotatable bonds is 2. The summed E-state index contributed by atoms with van der Waals surface area (Å²) < 4.78 is 1.33. The first-order valence-electron chi connectivity index (χ1n) is 3.87. The van der Waals surface area contributed by atoms with Gasteiger partial charge in [-0.3, -0.25) is 0 Å². The zero-order valence-electron chi connectivity index (χ0n) is 6.60. The van der Waals surface area contributed by atoms with Crippen molar-refractivity contribution < 1.29 is 0 Å². The quantitative estimate of drug-likeness (QED) is 0.705. The maximum atomic E-state index is 4.29. The Bertz CT molecular complexity index is 326. The van der Waals surface area contributed by atoms with Gasteiger partial charge in [0.05, 0.1) is 0 Å². The molecule has 0 N–H and O–H groups in total. The average Bonchev–Trinajstić information content (AvgIpc) is 2.59. The molecule has 0 amide bonds. The molecule has 0 aliphatic carbocycles. The molecule has 0 fully saturated rings. The van der Waals surface area contributed by atoms with Crippen LogP contribution in [0.25, 0.3) is 0 Å². The van der Waals surface area contributed by atoms with E-state index in [1.165, 1.54) is 10.1 Å². The van der Waals surface area contributed by atoms with E-state index in [2.05, 4.69) is 34.2 Å². The van der Waals surface area contributed by atoms with Crippen molar-refractivity contribution in [1.82, 2.24) is 4.98 Å². The second-order valence-corrected chi connectivity index (χ2v) is 4.64. The zero-order valence-corrected chi connectivity index (χ0v) is 8.32. The summed E-state index contributed by atoms with van der Waals surface area (Å²) in [5.41, 5.74) is 1.36. The molecule has 1 aromatic carbocycles. The van der Waals surface area contributed by atoms with Gasteiger partial charge >= 0.3 is 77.5 Å². The van der Waals surface area contributed by atoms with E-state index in [0.29, 0.717) is 14.5 Å². The number of hydrogen-bond donors (Lipinski definition) is 0. The van der Waals surface area contributed by atoms with Crippen LogP contribution < -0.4 is 0 Å². The molecular formula is C10H9NSe. The Hall–Kier alpha value is -0.851. The van der Waals surface area contributed by atoms with Gasteiger partial charge in [-0.15, -0.1) is 0 Å². The Kier molecular flexibility index (Phi) is 2.40. The van der Waals surface area contributed by atoms with Crippen LogP contribution in [-0.4, -0.2) is 19.5 Å². The van der Waals surface area contributed by atoms with Crippen LogP contribution in [0.3, 0.4) is 0 Å². The van der Waals surface area contributed by atoms with Gasteiger partial charge in [0.2, 0.25) is 0 Å². The summed E-state index contributed by atoms with van der Waals surface area (Å²) in [4.78, 5) is 6.45. The van der Waals surface area contributed by atoms with Crippen molar-refractivity contribution >= 4 is 14.5 Å². The molecule has 1 heterocycles. The second kappa shape index (κ2) is 3.70. The molecule has 1 nitrogen and oxygen atoms in total. The van der Waals surface area contributed by atoms with Crippen molar-refractivity contribution in [3.05, 3.63) is 51.6 Å². The fraction of sp³-hybridized carbons (Fsp3) is 0.100. The van der Waals surface area contributed by atoms with Crippen LogP contribution in [0.1, 0.15) is 10.1 Å². The van der Waals surface area contributed by atoms with E-state index in [1.807, 2.05) is 12.3 Å². The predicted molar refractivity (Wildman–Crippen MR) is 50.4 cm³/mol. The van der Waals surface area contributed by atoms with Crippen molar-refractivity contribution in [2.24, 2.45) is 0 Å². The van der Waals surface area contributed by atoms with Gasteiger partial charge in [0.25, 0.3) is 0 Å². The van der Waals surface area contributed by atoms with E-state index in [0.717, 1.165) is 6.42 Å². The Morgan fingerprint density at radius 2 is 2.00 bits per heavy atom. The Labute approximate surface area is 77.8 Å². The third-order valence-electron chi connectivity index (χ3n) is 1.68. The van der Waals surface area contributed by atoms with Crippen molar-refractivity contribution in [1.29, 1.82) is 0 Å². The summed E-state index contributed by atoms with van der Waals surface area (Å²) in [6.07, 6.45) is 2.94. The van der Waals surface area contributed by atoms with Gasteiger partial charge in [-0.1, -0.05) is 0 Å². The molecule has 12 heavy (non-hydrogen) atoms. The number of aromatic nitrogens is 1. The summed E-state index contributed by atoms with van der Waals surface area (Å²) in [5.74, 6) is 0. The van der Waals surface area contributed by atoms with Crippen LogP contribution in [-0.2, 0) is 6.42 Å². The van der Waals surface area contributed by atoms with Gasteiger partial charge in [-0.25, -0.2) is 0 Å². The van der Waals surface area contributed by atoms with Crippen molar-refractivity contribution in [2.75, 3.05) is 0 Å². The van der Waals surface area contributed by atoms with Gasteiger partial charge in [0.15, 0.2) is 0 Å². The van der Waals surface area contributed by atoms with Crippen LogP contribution in [0.2, 0.25) is 0 Å². The van der Waals surface area contributed by atoms with Crippen LogP contribution in [0.4, 0.5) is 0 Å². The molecule has 60 valence electrons. The molecule has 2 heteroatoms. The first-order valence-corrected chi connectivity index (χ1v) is 5.72. The number of benzene rings is 1. The molecular weight excluding hydrogens is 213 g/mol. The van der Waals surface area contributed by atoms with Crippen LogP contribution in [0.15, 0.2) is 41.5 Å². The molecule has 0 aliphatic heterocycles. The molecule has 0 bridgehead atoms. The predicted octanol–water partition coefficient (Wildman–Crippen LogP) is 1.73. The molecule has 0 radical (unpaired) electrons. The first kappa shape index (κ1) is 7.78. The first-order chi connectivity index (χ1) is 5.95. The van der Waals surface area contributed by atoms with Gasteiger partial charge < -0.3 is 0 Å². The second-order valence-electron chi connectivity index (χ2n) is 2.59. The summed E-state index contributed by atoms with van der Waals surface area (Å²) in [6.45, 7) is 0. The van der Waals surface area contributed by atoms with E-state index in [1.54, 1.807) is 0 Å². The van der Waals surface area contributed by atoms with Crippen LogP contribution >= 0.6 is 0 Å². The summed E-state index contributed by atoms with van der Waals surface area (Å²) in [6, 6.07) is 10.5. The molecule has 0 spiro atoms. The van der Waals surface area contributed by atoms with Gasteiger partial charge in [0.1, 0.15) is 0 Å². The van der Waals surface area contributed by atoms with Crippen molar-refractivity contribution in [3.63, 3.8) is 0 Å². The van der Waals surface area contributed by atoms with Gasteiger partial charge in [-0.05, 0) is 0 Å². The third kappa shape index (κ3) is 1.84. The number of nitrogens with zero attached hydrogens (tertiary/aromatic N) is 1. The van der Waals surface area contributed by atoms with E-state index in [9.17, 15) is 0 Å². The summed E-state index contributed by atoms with van der Waals surface area (Å²) in [5, 5.41) is 0. The fourth-order valence-electron chi connectivity index (χ4n) is 1.11. The van der Waals surface area contributed by atoms with Crippen molar-refractivity contribution in [3.8, 4) is 0 Å². The number of hydrogen-bond acceptors (Lipinski definition) is 1. The Morgan fingerprint density at radius 3 is 2.67 bits per heavy atom. The van der Waals surface area contributed by atoms with E-state index < -0.39 is 0 Å². The summed E-state index contributed by atoms with van der Waals surface area (Å²) in [7, 11) is 0.